The maximum atomic E-state index is 13.9. The fourth-order valence-electron chi connectivity index (χ4n) is 5.74. The molecule has 47 heavy (non-hydrogen) atoms. The first kappa shape index (κ1) is 37.7. The van der Waals surface area contributed by atoms with Crippen LogP contribution >= 0.6 is 0 Å². The van der Waals surface area contributed by atoms with E-state index >= 15 is 0 Å². The Hall–Kier alpha value is -3.80. The van der Waals surface area contributed by atoms with E-state index in [0.29, 0.717) is 38.9 Å². The number of hydrogen-bond acceptors (Lipinski definition) is 7. The standard InChI is InChI=1S/C36H55N7O4/c1-26(2)23-31(34(45)40-30(17-10-11-18-38-3)36(47)43-21-12-19-39-20-22-43)42-35(46)32(25-28-15-8-5-9-16-28)41-33(44)29(37)24-27-13-6-4-7-14-27/h4-9,13-16,26,29-32,38-39H,10-12,17-25,37H2,1-3H3,(H,40,45)(H,41,44)(H,42,46)/t29-,30-,31-,32-/m1/s1. The number of amides is 4. The van der Waals surface area contributed by atoms with Crippen LogP contribution in [0.5, 0.6) is 0 Å². The van der Waals surface area contributed by atoms with Gasteiger partial charge in [-0.3, -0.25) is 19.2 Å². The molecule has 4 amide bonds. The number of hydrogen-bond donors (Lipinski definition) is 6. The molecule has 0 radical (unpaired) electrons. The average molecular weight is 650 g/mol. The molecule has 0 unspecified atom stereocenters. The molecule has 2 aromatic carbocycles. The van der Waals surface area contributed by atoms with Gasteiger partial charge in [0.25, 0.3) is 0 Å². The van der Waals surface area contributed by atoms with Gasteiger partial charge in [0, 0.05) is 26.1 Å². The van der Waals surface area contributed by atoms with Crippen molar-refractivity contribution in [2.24, 2.45) is 11.7 Å². The molecule has 258 valence electrons. The van der Waals surface area contributed by atoms with E-state index in [-0.39, 0.29) is 18.2 Å². The van der Waals surface area contributed by atoms with Crippen LogP contribution in [0.2, 0.25) is 0 Å². The third-order valence-corrected chi connectivity index (χ3v) is 8.33. The van der Waals surface area contributed by atoms with Crippen molar-refractivity contribution in [2.45, 2.75) is 83.0 Å². The molecule has 0 aliphatic carbocycles. The molecule has 4 atom stereocenters. The Kier molecular flexibility index (Phi) is 16.4. The summed E-state index contributed by atoms with van der Waals surface area (Å²) < 4.78 is 0. The largest absolute Gasteiger partial charge is 0.343 e. The second-order valence-corrected chi connectivity index (χ2v) is 12.8. The van der Waals surface area contributed by atoms with E-state index in [4.69, 9.17) is 5.73 Å². The Morgan fingerprint density at radius 1 is 0.766 bits per heavy atom. The number of unbranched alkanes of at least 4 members (excludes halogenated alkanes) is 1. The topological polar surface area (TPSA) is 158 Å². The number of carbonyl (C=O) groups excluding carboxylic acids is 4. The summed E-state index contributed by atoms with van der Waals surface area (Å²) in [5, 5.41) is 15.2. The molecule has 0 spiro atoms. The molecule has 11 nitrogen and oxygen atoms in total. The van der Waals surface area contributed by atoms with E-state index < -0.39 is 41.9 Å². The van der Waals surface area contributed by atoms with Gasteiger partial charge >= 0.3 is 0 Å². The lowest BCUT2D eigenvalue weighted by Gasteiger charge is -2.29. The second-order valence-electron chi connectivity index (χ2n) is 12.8. The molecule has 0 bridgehead atoms. The molecular formula is C36H55N7O4. The number of benzene rings is 2. The lowest BCUT2D eigenvalue weighted by molar-refractivity contribution is -0.138. The minimum absolute atomic E-state index is 0.0778. The smallest absolute Gasteiger partial charge is 0.245 e. The minimum Gasteiger partial charge on any atom is -0.343 e. The average Bonchev–Trinajstić information content (AvgIpc) is 3.35. The number of nitrogens with two attached hydrogens (primary N) is 1. The lowest BCUT2D eigenvalue weighted by Crippen LogP contribution is -2.58. The van der Waals surface area contributed by atoms with E-state index in [1.807, 2.05) is 86.5 Å². The van der Waals surface area contributed by atoms with Crippen LogP contribution in [0.25, 0.3) is 0 Å². The molecule has 0 aromatic heterocycles. The molecule has 3 rings (SSSR count). The summed E-state index contributed by atoms with van der Waals surface area (Å²) in [5.41, 5.74) is 8.04. The molecule has 1 aliphatic heterocycles. The van der Waals surface area contributed by atoms with Crippen molar-refractivity contribution in [1.82, 2.24) is 31.5 Å². The van der Waals surface area contributed by atoms with Crippen molar-refractivity contribution >= 4 is 23.6 Å². The SMILES string of the molecule is CNCCCC[C@@H](NC(=O)[C@@H](CC(C)C)NC(=O)[C@@H](Cc1ccccc1)NC(=O)[C@H](N)Cc1ccccc1)C(=O)N1CCCNCC1. The Morgan fingerprint density at radius 3 is 2.00 bits per heavy atom. The summed E-state index contributed by atoms with van der Waals surface area (Å²) in [6.07, 6.45) is 3.90. The molecule has 11 heteroatoms. The van der Waals surface area contributed by atoms with Crippen LogP contribution in [-0.2, 0) is 32.0 Å². The molecule has 7 N–H and O–H groups in total. The van der Waals surface area contributed by atoms with Crippen molar-refractivity contribution < 1.29 is 19.2 Å². The first-order chi connectivity index (χ1) is 22.7. The predicted molar refractivity (Wildman–Crippen MR) is 185 cm³/mol. The Morgan fingerprint density at radius 2 is 1.36 bits per heavy atom. The third-order valence-electron chi connectivity index (χ3n) is 8.33. The van der Waals surface area contributed by atoms with Crippen molar-refractivity contribution in [3.63, 3.8) is 0 Å². The second kappa shape index (κ2) is 20.4. The number of rotatable bonds is 18. The monoisotopic (exact) mass is 649 g/mol. The zero-order chi connectivity index (χ0) is 34.0. The summed E-state index contributed by atoms with van der Waals surface area (Å²) in [4.78, 5) is 56.5. The molecule has 1 heterocycles. The van der Waals surface area contributed by atoms with Gasteiger partial charge in [0.05, 0.1) is 6.04 Å². The van der Waals surface area contributed by atoms with Crippen LogP contribution in [0.1, 0.15) is 57.1 Å². The normalized spacial score (nSPS) is 16.0. The summed E-state index contributed by atoms with van der Waals surface area (Å²) in [7, 11) is 1.89. The van der Waals surface area contributed by atoms with E-state index in [1.165, 1.54) is 0 Å². The van der Waals surface area contributed by atoms with Gasteiger partial charge in [0.15, 0.2) is 0 Å². The van der Waals surface area contributed by atoms with Gasteiger partial charge in [-0.25, -0.2) is 0 Å². The fourth-order valence-corrected chi connectivity index (χ4v) is 5.74. The van der Waals surface area contributed by atoms with Gasteiger partial charge in [-0.15, -0.1) is 0 Å². The van der Waals surface area contributed by atoms with Crippen LogP contribution < -0.4 is 32.3 Å². The molecule has 1 fully saturated rings. The Bertz CT molecular complexity index is 1240. The van der Waals surface area contributed by atoms with E-state index in [2.05, 4.69) is 26.6 Å². The van der Waals surface area contributed by atoms with Gasteiger partial charge in [-0.2, -0.15) is 0 Å². The first-order valence-electron chi connectivity index (χ1n) is 17.1. The van der Waals surface area contributed by atoms with E-state index in [1.54, 1.807) is 0 Å². The van der Waals surface area contributed by atoms with E-state index in [0.717, 1.165) is 43.5 Å². The van der Waals surface area contributed by atoms with Crippen LogP contribution in [0.15, 0.2) is 60.7 Å². The number of carbonyl (C=O) groups is 4. The number of nitrogens with zero attached hydrogens (tertiary/aromatic N) is 1. The molecule has 1 aliphatic rings. The van der Waals surface area contributed by atoms with Gasteiger partial charge in [-0.1, -0.05) is 74.5 Å². The molecule has 2 aromatic rings. The zero-order valence-corrected chi connectivity index (χ0v) is 28.3. The molecular weight excluding hydrogens is 594 g/mol. The van der Waals surface area contributed by atoms with Crippen LogP contribution in [0, 0.1) is 5.92 Å². The Labute approximate surface area is 280 Å². The van der Waals surface area contributed by atoms with Crippen LogP contribution in [0.3, 0.4) is 0 Å². The van der Waals surface area contributed by atoms with Crippen molar-refractivity contribution in [3.05, 3.63) is 71.8 Å². The minimum atomic E-state index is -0.960. The third kappa shape index (κ3) is 13.5. The first-order valence-corrected chi connectivity index (χ1v) is 17.1. The summed E-state index contributed by atoms with van der Waals surface area (Å²) in [6, 6.07) is 15.5. The maximum absolute atomic E-state index is 13.9. The van der Waals surface area contributed by atoms with Gasteiger partial charge in [0.1, 0.15) is 18.1 Å². The van der Waals surface area contributed by atoms with Crippen LogP contribution in [-0.4, -0.2) is 92.5 Å². The lowest BCUT2D eigenvalue weighted by atomic mass is 9.99. The van der Waals surface area contributed by atoms with Crippen molar-refractivity contribution in [2.75, 3.05) is 39.8 Å². The quantitative estimate of drug-likeness (QED) is 0.134. The fraction of sp³-hybridized carbons (Fsp3) is 0.556. The summed E-state index contributed by atoms with van der Waals surface area (Å²) in [5.74, 6) is -1.35. The van der Waals surface area contributed by atoms with Gasteiger partial charge < -0.3 is 37.2 Å². The number of nitrogens with one attached hydrogen (secondary N) is 5. The van der Waals surface area contributed by atoms with Crippen LogP contribution in [0.4, 0.5) is 0 Å². The highest BCUT2D eigenvalue weighted by Gasteiger charge is 2.32. The van der Waals surface area contributed by atoms with Crippen molar-refractivity contribution in [1.29, 1.82) is 0 Å². The summed E-state index contributed by atoms with van der Waals surface area (Å²) >= 11 is 0. The molecule has 1 saturated heterocycles. The van der Waals surface area contributed by atoms with Gasteiger partial charge in [0.2, 0.25) is 23.6 Å². The van der Waals surface area contributed by atoms with E-state index in [9.17, 15) is 19.2 Å². The highest BCUT2D eigenvalue weighted by molar-refractivity contribution is 5.95. The highest BCUT2D eigenvalue weighted by Crippen LogP contribution is 2.12. The van der Waals surface area contributed by atoms with Gasteiger partial charge in [-0.05, 0) is 75.7 Å². The van der Waals surface area contributed by atoms with Crippen molar-refractivity contribution in [3.8, 4) is 0 Å². The predicted octanol–water partition coefficient (Wildman–Crippen LogP) is 1.51. The maximum Gasteiger partial charge on any atom is 0.245 e. The Balaban J connectivity index is 1.76. The molecule has 0 saturated carbocycles. The highest BCUT2D eigenvalue weighted by atomic mass is 16.2. The summed E-state index contributed by atoms with van der Waals surface area (Å²) in [6.45, 7) is 7.55. The zero-order valence-electron chi connectivity index (χ0n) is 28.3.